The summed E-state index contributed by atoms with van der Waals surface area (Å²) in [6, 6.07) is 14.1. The van der Waals surface area contributed by atoms with Crippen LogP contribution in [0.5, 0.6) is 0 Å². The molecule has 168 valence electrons. The summed E-state index contributed by atoms with van der Waals surface area (Å²) in [5, 5.41) is 2.78. The quantitative estimate of drug-likeness (QED) is 0.336. The molecule has 0 bridgehead atoms. The van der Waals surface area contributed by atoms with Gasteiger partial charge in [-0.1, -0.05) is 18.2 Å². The van der Waals surface area contributed by atoms with E-state index in [1.54, 1.807) is 6.08 Å². The molecule has 0 atom stereocenters. The third kappa shape index (κ3) is 4.02. The van der Waals surface area contributed by atoms with Gasteiger partial charge in [0.2, 0.25) is 0 Å². The summed E-state index contributed by atoms with van der Waals surface area (Å²) in [4.78, 5) is 27.7. The lowest BCUT2D eigenvalue weighted by Gasteiger charge is -2.30. The van der Waals surface area contributed by atoms with Crippen molar-refractivity contribution < 1.29 is 9.59 Å². The number of hydrogen-bond donors (Lipinski definition) is 1. The van der Waals surface area contributed by atoms with E-state index in [2.05, 4.69) is 41.9 Å². The fraction of sp³-hybridized carbons (Fsp3) is 0.222. The van der Waals surface area contributed by atoms with E-state index >= 15 is 0 Å². The zero-order chi connectivity index (χ0) is 24.0. The van der Waals surface area contributed by atoms with Crippen LogP contribution in [0, 0.1) is 41.5 Å². The average Bonchev–Trinajstić information content (AvgIpc) is 3.02. The van der Waals surface area contributed by atoms with Crippen LogP contribution in [0.1, 0.15) is 39.2 Å². The van der Waals surface area contributed by atoms with Gasteiger partial charge in [-0.2, -0.15) is 0 Å². The summed E-state index contributed by atoms with van der Waals surface area (Å²) in [6.07, 6.45) is 1.66. The number of aromatic nitrogens is 1. The van der Waals surface area contributed by atoms with E-state index in [0.29, 0.717) is 5.69 Å². The largest absolute Gasteiger partial charge is 0.318 e. The lowest BCUT2D eigenvalue weighted by atomic mass is 10.0. The average molecular weight is 458 g/mol. The minimum absolute atomic E-state index is 0.0600. The number of thiocarbonyl (C=S) groups is 1. The number of nitrogens with zero attached hydrogens (tertiary/aromatic N) is 2. The molecule has 0 saturated carbocycles. The Morgan fingerprint density at radius 3 is 2.24 bits per heavy atom. The van der Waals surface area contributed by atoms with Crippen LogP contribution in [-0.2, 0) is 9.59 Å². The molecule has 1 aliphatic rings. The molecular formula is C27H27N3O2S. The van der Waals surface area contributed by atoms with Gasteiger partial charge in [-0.05, 0) is 112 Å². The molecule has 1 fully saturated rings. The molecule has 5 nitrogen and oxygen atoms in total. The topological polar surface area (TPSA) is 54.3 Å². The number of benzene rings is 2. The highest BCUT2D eigenvalue weighted by molar-refractivity contribution is 7.80. The lowest BCUT2D eigenvalue weighted by Crippen LogP contribution is -2.54. The number of carbonyl (C=O) groups is 2. The van der Waals surface area contributed by atoms with E-state index in [9.17, 15) is 9.59 Å². The van der Waals surface area contributed by atoms with Crippen LogP contribution < -0.4 is 10.2 Å². The Kier molecular flexibility index (Phi) is 5.80. The smallest absolute Gasteiger partial charge is 0.270 e. The predicted octanol–water partition coefficient (Wildman–Crippen LogP) is 5.16. The molecule has 3 aromatic rings. The normalized spacial score (nSPS) is 15.4. The molecule has 33 heavy (non-hydrogen) atoms. The Labute approximate surface area is 199 Å². The van der Waals surface area contributed by atoms with E-state index in [4.69, 9.17) is 12.2 Å². The van der Waals surface area contributed by atoms with E-state index in [1.807, 2.05) is 52.0 Å². The summed E-state index contributed by atoms with van der Waals surface area (Å²) in [6.45, 7) is 12.1. The summed E-state index contributed by atoms with van der Waals surface area (Å²) in [5.41, 5.74) is 8.93. The third-order valence-electron chi connectivity index (χ3n) is 6.23. The Bertz CT molecular complexity index is 1360. The zero-order valence-electron chi connectivity index (χ0n) is 19.7. The number of nitrogens with one attached hydrogen (secondary N) is 1. The van der Waals surface area contributed by atoms with Crippen LogP contribution in [0.3, 0.4) is 0 Å². The second-order valence-corrected chi connectivity index (χ2v) is 9.06. The SMILES string of the molecule is Cc1ccc(C)c(N2C(=O)/C(=C/c3cc(C)n(-c4ccc(C)c(C)c4)c3C)C(=O)NC2=S)c1. The standard InChI is InChI=1S/C27H27N3O2S/c1-15-7-8-17(3)24(11-15)30-26(32)23(25(31)28-27(30)33)14-21-13-19(5)29(20(21)6)22-10-9-16(2)18(4)12-22/h7-14H,1-6H3,(H,28,31,33)/b23-14+. The number of aryl methyl sites for hydroxylation is 5. The van der Waals surface area contributed by atoms with Gasteiger partial charge in [-0.25, -0.2) is 0 Å². The van der Waals surface area contributed by atoms with Gasteiger partial charge in [0, 0.05) is 17.1 Å². The summed E-state index contributed by atoms with van der Waals surface area (Å²) < 4.78 is 2.14. The summed E-state index contributed by atoms with van der Waals surface area (Å²) in [7, 11) is 0. The maximum absolute atomic E-state index is 13.5. The van der Waals surface area contributed by atoms with Crippen LogP contribution in [0.4, 0.5) is 5.69 Å². The first-order valence-corrected chi connectivity index (χ1v) is 11.2. The fourth-order valence-electron chi connectivity index (χ4n) is 4.19. The van der Waals surface area contributed by atoms with Crippen molar-refractivity contribution >= 4 is 40.9 Å². The first-order valence-electron chi connectivity index (χ1n) is 10.8. The maximum Gasteiger partial charge on any atom is 0.270 e. The predicted molar refractivity (Wildman–Crippen MR) is 137 cm³/mol. The maximum atomic E-state index is 13.5. The van der Waals surface area contributed by atoms with Gasteiger partial charge in [-0.15, -0.1) is 0 Å². The van der Waals surface area contributed by atoms with Crippen molar-refractivity contribution in [2.24, 2.45) is 0 Å². The Hall–Kier alpha value is -3.51. The highest BCUT2D eigenvalue weighted by Gasteiger charge is 2.35. The van der Waals surface area contributed by atoms with Crippen LogP contribution in [-0.4, -0.2) is 21.5 Å². The van der Waals surface area contributed by atoms with Crippen molar-refractivity contribution in [2.75, 3.05) is 4.90 Å². The van der Waals surface area contributed by atoms with Crippen LogP contribution in [0.25, 0.3) is 11.8 Å². The minimum atomic E-state index is -0.484. The third-order valence-corrected chi connectivity index (χ3v) is 6.51. The number of amides is 2. The first-order chi connectivity index (χ1) is 15.6. The van der Waals surface area contributed by atoms with Crippen molar-refractivity contribution in [3.8, 4) is 5.69 Å². The number of rotatable bonds is 3. The molecule has 6 heteroatoms. The van der Waals surface area contributed by atoms with Gasteiger partial charge in [0.05, 0.1) is 5.69 Å². The molecule has 1 aromatic heterocycles. The van der Waals surface area contributed by atoms with Gasteiger partial charge < -0.3 is 4.57 Å². The molecule has 1 N–H and O–H groups in total. The highest BCUT2D eigenvalue weighted by Crippen LogP contribution is 2.28. The van der Waals surface area contributed by atoms with Crippen LogP contribution >= 0.6 is 12.2 Å². The minimum Gasteiger partial charge on any atom is -0.318 e. The van der Waals surface area contributed by atoms with Gasteiger partial charge >= 0.3 is 0 Å². The van der Waals surface area contributed by atoms with Gasteiger partial charge in [0.15, 0.2) is 5.11 Å². The number of anilines is 1. The Morgan fingerprint density at radius 2 is 1.55 bits per heavy atom. The van der Waals surface area contributed by atoms with Crippen molar-refractivity contribution in [3.63, 3.8) is 0 Å². The van der Waals surface area contributed by atoms with E-state index in [-0.39, 0.29) is 10.7 Å². The Morgan fingerprint density at radius 1 is 0.848 bits per heavy atom. The van der Waals surface area contributed by atoms with Crippen molar-refractivity contribution in [1.29, 1.82) is 0 Å². The fourth-order valence-corrected chi connectivity index (χ4v) is 4.46. The molecule has 2 aromatic carbocycles. The lowest BCUT2D eigenvalue weighted by molar-refractivity contribution is -0.122. The molecule has 2 heterocycles. The van der Waals surface area contributed by atoms with Crippen LogP contribution in [0.2, 0.25) is 0 Å². The molecule has 0 unspecified atom stereocenters. The summed E-state index contributed by atoms with van der Waals surface area (Å²) in [5.74, 6) is -0.907. The van der Waals surface area contributed by atoms with Gasteiger partial charge in [-0.3, -0.25) is 19.8 Å². The Balaban J connectivity index is 1.79. The van der Waals surface area contributed by atoms with Crippen molar-refractivity contribution in [2.45, 2.75) is 41.5 Å². The molecule has 0 radical (unpaired) electrons. The second-order valence-electron chi connectivity index (χ2n) is 8.68. The monoisotopic (exact) mass is 457 g/mol. The number of hydrogen-bond acceptors (Lipinski definition) is 3. The molecule has 2 amide bonds. The molecular weight excluding hydrogens is 430 g/mol. The molecule has 1 aliphatic heterocycles. The highest BCUT2D eigenvalue weighted by atomic mass is 32.1. The van der Waals surface area contributed by atoms with Crippen molar-refractivity contribution in [1.82, 2.24) is 9.88 Å². The van der Waals surface area contributed by atoms with Gasteiger partial charge in [0.1, 0.15) is 5.57 Å². The molecule has 1 saturated heterocycles. The van der Waals surface area contributed by atoms with Gasteiger partial charge in [0.25, 0.3) is 11.8 Å². The molecule has 0 spiro atoms. The first kappa shape index (κ1) is 22.7. The van der Waals surface area contributed by atoms with Crippen molar-refractivity contribution in [3.05, 3.63) is 87.2 Å². The van der Waals surface area contributed by atoms with E-state index in [0.717, 1.165) is 33.8 Å². The summed E-state index contributed by atoms with van der Waals surface area (Å²) >= 11 is 5.36. The van der Waals surface area contributed by atoms with Crippen LogP contribution in [0.15, 0.2) is 48.0 Å². The molecule has 0 aliphatic carbocycles. The van der Waals surface area contributed by atoms with E-state index in [1.165, 1.54) is 16.0 Å². The number of carbonyl (C=O) groups excluding carboxylic acids is 2. The zero-order valence-corrected chi connectivity index (χ0v) is 20.6. The molecule has 4 rings (SSSR count). The van der Waals surface area contributed by atoms with E-state index < -0.39 is 11.8 Å². The second kappa shape index (κ2) is 8.45.